The molecule has 2 aromatic heterocycles. The van der Waals surface area contributed by atoms with Gasteiger partial charge in [0.05, 0.1) is 0 Å². The van der Waals surface area contributed by atoms with Gasteiger partial charge in [-0.2, -0.15) is 4.37 Å². The summed E-state index contributed by atoms with van der Waals surface area (Å²) in [6, 6.07) is 0. The van der Waals surface area contributed by atoms with Gasteiger partial charge in [0.1, 0.15) is 0 Å². The fourth-order valence-corrected chi connectivity index (χ4v) is 5.08. The molecule has 0 radical (unpaired) electrons. The minimum Gasteiger partial charge on any atom is -0.300 e. The fraction of sp³-hybridized carbons (Fsp3) is 0.500. The molecule has 2 heterocycles. The third-order valence-electron chi connectivity index (χ3n) is 2.05. The number of aromatic nitrogens is 4. The van der Waals surface area contributed by atoms with E-state index < -0.39 is 0 Å². The molecule has 11 heteroatoms. The topological polar surface area (TPSA) is 80.7 Å². The maximum Gasteiger partial charge on any atom is 0.227 e. The molecule has 2 rings (SSSR count). The van der Waals surface area contributed by atoms with Gasteiger partial charge in [-0.25, -0.2) is 4.98 Å². The summed E-state index contributed by atoms with van der Waals surface area (Å²) in [6.45, 7) is 2.05. The second-order valence-corrected chi connectivity index (χ2v) is 8.86. The summed E-state index contributed by atoms with van der Waals surface area (Å²) in [6.07, 6.45) is 2.35. The van der Waals surface area contributed by atoms with E-state index in [4.69, 9.17) is 0 Å². The first-order valence-corrected chi connectivity index (χ1v) is 10.8. The fourth-order valence-electron chi connectivity index (χ4n) is 1.19. The van der Waals surface area contributed by atoms with Crippen LogP contribution in [-0.2, 0) is 4.79 Å². The van der Waals surface area contributed by atoms with E-state index in [0.717, 1.165) is 19.6 Å². The van der Waals surface area contributed by atoms with Crippen LogP contribution >= 0.6 is 58.2 Å². The quantitative estimate of drug-likeness (QED) is 0.552. The molecule has 0 bridgehead atoms. The normalized spacial score (nSPS) is 10.8. The van der Waals surface area contributed by atoms with E-state index in [0.29, 0.717) is 17.3 Å². The minimum atomic E-state index is -0.0543. The zero-order chi connectivity index (χ0) is 15.1. The average Bonchev–Trinajstić information content (AvgIpc) is 3.09. The molecule has 0 aliphatic rings. The Morgan fingerprint density at radius 2 is 2.14 bits per heavy atom. The number of rotatable bonds is 8. The van der Waals surface area contributed by atoms with E-state index in [1.807, 2.05) is 6.26 Å². The van der Waals surface area contributed by atoms with Gasteiger partial charge in [0.2, 0.25) is 16.2 Å². The van der Waals surface area contributed by atoms with Crippen LogP contribution < -0.4 is 5.32 Å². The highest BCUT2D eigenvalue weighted by Crippen LogP contribution is 2.26. The standard InChI is InChI=1S/C10H13N5OS5/c1-3-18-10-14-13-7(20-10)11-6(16)4-5-19-9-12-8(17-2)15-21-9/h3-5H2,1-2H3,(H,11,13,16). The summed E-state index contributed by atoms with van der Waals surface area (Å²) in [5, 5.41) is 12.0. The van der Waals surface area contributed by atoms with Crippen LogP contribution in [0.3, 0.4) is 0 Å². The maximum atomic E-state index is 11.8. The molecule has 0 saturated carbocycles. The zero-order valence-electron chi connectivity index (χ0n) is 11.4. The third-order valence-corrected chi connectivity index (χ3v) is 6.40. The molecule has 1 N–H and O–H groups in total. The van der Waals surface area contributed by atoms with Gasteiger partial charge in [-0.3, -0.25) is 4.79 Å². The smallest absolute Gasteiger partial charge is 0.227 e. The van der Waals surface area contributed by atoms with E-state index >= 15 is 0 Å². The maximum absolute atomic E-state index is 11.8. The molecule has 0 unspecified atom stereocenters. The monoisotopic (exact) mass is 379 g/mol. The predicted octanol–water partition coefficient (Wildman–Crippen LogP) is 3.34. The summed E-state index contributed by atoms with van der Waals surface area (Å²) in [4.78, 5) is 16.1. The van der Waals surface area contributed by atoms with Crippen molar-refractivity contribution in [2.75, 3.05) is 23.1 Å². The van der Waals surface area contributed by atoms with Crippen molar-refractivity contribution in [2.24, 2.45) is 0 Å². The summed E-state index contributed by atoms with van der Waals surface area (Å²) in [5.74, 6) is 1.56. The molecule has 0 atom stereocenters. The number of hydrogen-bond donors (Lipinski definition) is 1. The Labute approximate surface area is 143 Å². The van der Waals surface area contributed by atoms with E-state index in [1.54, 1.807) is 23.5 Å². The first-order valence-electron chi connectivity index (χ1n) is 5.98. The molecule has 21 heavy (non-hydrogen) atoms. The molecule has 6 nitrogen and oxygen atoms in total. The van der Waals surface area contributed by atoms with Gasteiger partial charge >= 0.3 is 0 Å². The highest BCUT2D eigenvalue weighted by atomic mass is 32.2. The number of anilines is 1. The Hall–Kier alpha value is -0.360. The van der Waals surface area contributed by atoms with Crippen molar-refractivity contribution in [1.82, 2.24) is 19.6 Å². The molecule has 1 amide bonds. The van der Waals surface area contributed by atoms with Crippen LogP contribution in [0.25, 0.3) is 0 Å². The van der Waals surface area contributed by atoms with Crippen LogP contribution in [-0.4, -0.2) is 43.2 Å². The Morgan fingerprint density at radius 3 is 2.86 bits per heavy atom. The number of carbonyl (C=O) groups is 1. The second-order valence-electron chi connectivity index (χ2n) is 3.50. The second kappa shape index (κ2) is 8.93. The van der Waals surface area contributed by atoms with Crippen molar-refractivity contribution >= 4 is 69.2 Å². The lowest BCUT2D eigenvalue weighted by Crippen LogP contribution is -2.11. The molecule has 0 fully saturated rings. The van der Waals surface area contributed by atoms with E-state index in [1.165, 1.54) is 34.6 Å². The van der Waals surface area contributed by atoms with Gasteiger partial charge in [-0.05, 0) is 23.5 Å². The van der Waals surface area contributed by atoms with Crippen LogP contribution in [0.1, 0.15) is 13.3 Å². The predicted molar refractivity (Wildman–Crippen MR) is 92.0 cm³/mol. The number of hydrogen-bond acceptors (Lipinski definition) is 10. The SMILES string of the molecule is CCSc1nnc(NC(=O)CCSc2nc(SC)ns2)s1. The molecule has 0 aromatic carbocycles. The van der Waals surface area contributed by atoms with Gasteiger partial charge in [0.25, 0.3) is 0 Å². The van der Waals surface area contributed by atoms with Crippen molar-refractivity contribution in [3.05, 3.63) is 0 Å². The van der Waals surface area contributed by atoms with Gasteiger partial charge < -0.3 is 5.32 Å². The van der Waals surface area contributed by atoms with E-state index in [9.17, 15) is 4.79 Å². The van der Waals surface area contributed by atoms with E-state index in [-0.39, 0.29) is 5.91 Å². The Kier molecular flexibility index (Phi) is 7.23. The van der Waals surface area contributed by atoms with Gasteiger partial charge in [-0.15, -0.1) is 10.2 Å². The van der Waals surface area contributed by atoms with Crippen LogP contribution in [0.4, 0.5) is 5.13 Å². The highest BCUT2D eigenvalue weighted by Gasteiger charge is 2.09. The number of amides is 1. The van der Waals surface area contributed by atoms with Crippen molar-refractivity contribution in [2.45, 2.75) is 27.2 Å². The van der Waals surface area contributed by atoms with Gasteiger partial charge in [0.15, 0.2) is 8.68 Å². The Morgan fingerprint density at radius 1 is 1.29 bits per heavy atom. The van der Waals surface area contributed by atoms with Crippen LogP contribution in [0.5, 0.6) is 0 Å². The molecular formula is C10H13N5OS5. The van der Waals surface area contributed by atoms with Gasteiger partial charge in [-0.1, -0.05) is 53.5 Å². The average molecular weight is 380 g/mol. The lowest BCUT2D eigenvalue weighted by atomic mass is 10.5. The first kappa shape index (κ1) is 17.0. The molecule has 0 spiro atoms. The molecule has 2 aromatic rings. The Balaban J connectivity index is 1.71. The van der Waals surface area contributed by atoms with E-state index in [2.05, 4.69) is 31.8 Å². The van der Waals surface area contributed by atoms with Crippen LogP contribution in [0, 0.1) is 0 Å². The molecule has 114 valence electrons. The third kappa shape index (κ3) is 5.74. The van der Waals surface area contributed by atoms with Crippen LogP contribution in [0.15, 0.2) is 13.8 Å². The summed E-state index contributed by atoms with van der Waals surface area (Å²) in [7, 11) is 0. The first-order chi connectivity index (χ1) is 10.2. The lowest BCUT2D eigenvalue weighted by Gasteiger charge is -1.99. The van der Waals surface area contributed by atoms with Crippen molar-refractivity contribution in [3.8, 4) is 0 Å². The zero-order valence-corrected chi connectivity index (χ0v) is 15.4. The largest absolute Gasteiger partial charge is 0.300 e. The number of nitrogens with zero attached hydrogens (tertiary/aromatic N) is 4. The van der Waals surface area contributed by atoms with Crippen molar-refractivity contribution in [3.63, 3.8) is 0 Å². The van der Waals surface area contributed by atoms with Gasteiger partial charge in [0, 0.05) is 12.2 Å². The van der Waals surface area contributed by atoms with Crippen molar-refractivity contribution in [1.29, 1.82) is 0 Å². The van der Waals surface area contributed by atoms with Crippen LogP contribution in [0.2, 0.25) is 0 Å². The molecular weight excluding hydrogens is 366 g/mol. The summed E-state index contributed by atoms with van der Waals surface area (Å²) < 4.78 is 5.94. The Bertz CT molecular complexity index is 586. The summed E-state index contributed by atoms with van der Waals surface area (Å²) in [5.41, 5.74) is 0. The summed E-state index contributed by atoms with van der Waals surface area (Å²) >= 11 is 7.44. The molecule has 0 aliphatic carbocycles. The number of nitrogens with one attached hydrogen (secondary N) is 1. The molecule has 0 aliphatic heterocycles. The highest BCUT2D eigenvalue weighted by molar-refractivity contribution is 8.01. The van der Waals surface area contributed by atoms with Crippen molar-refractivity contribution < 1.29 is 4.79 Å². The molecule has 0 saturated heterocycles. The number of carbonyl (C=O) groups excluding carboxylic acids is 1. The number of thioether (sulfide) groups is 3. The minimum absolute atomic E-state index is 0.0543. The lowest BCUT2D eigenvalue weighted by molar-refractivity contribution is -0.115.